The number of nitrogen functional groups attached to an aromatic ring is 1. The molecular formula is C17H17N5O3S. The number of carbonyl (C=O) groups is 2. The lowest BCUT2D eigenvalue weighted by atomic mass is 10.1. The Hall–Kier alpha value is -3.07. The van der Waals surface area contributed by atoms with Crippen LogP contribution in [0.25, 0.3) is 11.6 Å². The number of rotatable bonds is 6. The molecule has 0 aliphatic rings. The van der Waals surface area contributed by atoms with Gasteiger partial charge in [-0.1, -0.05) is 23.9 Å². The first-order valence-corrected chi connectivity index (χ1v) is 8.67. The number of para-hydroxylation sites is 1. The zero-order chi connectivity index (χ0) is 18.7. The number of carbonyl (C=O) groups excluding carboxylic acids is 2. The maximum absolute atomic E-state index is 12.5. The molecule has 2 aromatic heterocycles. The summed E-state index contributed by atoms with van der Waals surface area (Å²) in [6.45, 7) is 3.17. The van der Waals surface area contributed by atoms with E-state index in [2.05, 4.69) is 15.5 Å². The summed E-state index contributed by atoms with van der Waals surface area (Å²) in [5, 5.41) is 10.6. The molecule has 0 fully saturated rings. The fraction of sp³-hybridized carbons (Fsp3) is 0.176. The summed E-state index contributed by atoms with van der Waals surface area (Å²) >= 11 is 1.16. The third-order valence-electron chi connectivity index (χ3n) is 3.62. The Balaban J connectivity index is 1.72. The van der Waals surface area contributed by atoms with Gasteiger partial charge in [0, 0.05) is 5.56 Å². The van der Waals surface area contributed by atoms with Gasteiger partial charge in [-0.2, -0.15) is 0 Å². The molecule has 0 bridgehead atoms. The Morgan fingerprint density at radius 2 is 2.00 bits per heavy atom. The van der Waals surface area contributed by atoms with Gasteiger partial charge in [-0.25, -0.2) is 4.68 Å². The minimum Gasteiger partial charge on any atom is -0.461 e. The SMILES string of the molecule is CC(=O)c1ccccc1NC(=O)[C@@H](C)Sc1nnc(-c2ccco2)n1N. The van der Waals surface area contributed by atoms with Gasteiger partial charge in [0.2, 0.25) is 16.9 Å². The topological polar surface area (TPSA) is 116 Å². The van der Waals surface area contributed by atoms with Crippen molar-refractivity contribution < 1.29 is 14.0 Å². The highest BCUT2D eigenvalue weighted by molar-refractivity contribution is 8.00. The predicted molar refractivity (Wildman–Crippen MR) is 98.3 cm³/mol. The molecule has 1 amide bonds. The first-order valence-electron chi connectivity index (χ1n) is 7.79. The number of nitrogens with two attached hydrogens (primary N) is 1. The lowest BCUT2D eigenvalue weighted by Gasteiger charge is -2.13. The van der Waals surface area contributed by atoms with E-state index in [1.165, 1.54) is 17.9 Å². The van der Waals surface area contributed by atoms with E-state index in [0.29, 0.717) is 28.0 Å². The van der Waals surface area contributed by atoms with E-state index in [0.717, 1.165) is 11.8 Å². The lowest BCUT2D eigenvalue weighted by Crippen LogP contribution is -2.24. The Labute approximate surface area is 153 Å². The number of benzene rings is 1. The van der Waals surface area contributed by atoms with E-state index >= 15 is 0 Å². The molecule has 0 radical (unpaired) electrons. The number of hydrogen-bond donors (Lipinski definition) is 2. The van der Waals surface area contributed by atoms with Crippen molar-refractivity contribution in [3.8, 4) is 11.6 Å². The number of amides is 1. The normalized spacial score (nSPS) is 11.9. The lowest BCUT2D eigenvalue weighted by molar-refractivity contribution is -0.115. The minimum atomic E-state index is -0.508. The standard InChI is InChI=1S/C17H17N5O3S/c1-10(23)12-6-3-4-7-13(12)19-16(24)11(2)26-17-21-20-15(22(17)18)14-8-5-9-25-14/h3-9,11H,18H2,1-2H3,(H,19,24)/t11-/m1/s1. The maximum Gasteiger partial charge on any atom is 0.237 e. The largest absolute Gasteiger partial charge is 0.461 e. The molecule has 26 heavy (non-hydrogen) atoms. The predicted octanol–water partition coefficient (Wildman–Crippen LogP) is 2.57. The van der Waals surface area contributed by atoms with Gasteiger partial charge in [0.1, 0.15) is 0 Å². The van der Waals surface area contributed by atoms with E-state index in [4.69, 9.17) is 10.3 Å². The number of Topliss-reactive ketones (excluding diaryl/α,β-unsaturated/α-hetero) is 1. The summed E-state index contributed by atoms with van der Waals surface area (Å²) in [6, 6.07) is 10.3. The molecule has 1 aromatic carbocycles. The quantitative estimate of drug-likeness (QED) is 0.388. The van der Waals surface area contributed by atoms with E-state index in [9.17, 15) is 9.59 Å². The first-order chi connectivity index (χ1) is 12.5. The van der Waals surface area contributed by atoms with Crippen LogP contribution >= 0.6 is 11.8 Å². The van der Waals surface area contributed by atoms with E-state index in [1.54, 1.807) is 43.3 Å². The van der Waals surface area contributed by atoms with E-state index < -0.39 is 5.25 Å². The number of nitrogens with one attached hydrogen (secondary N) is 1. The second-order valence-electron chi connectivity index (χ2n) is 5.50. The van der Waals surface area contributed by atoms with Crippen molar-refractivity contribution in [3.63, 3.8) is 0 Å². The highest BCUT2D eigenvalue weighted by Crippen LogP contribution is 2.26. The molecule has 9 heteroatoms. The Morgan fingerprint density at radius 1 is 1.23 bits per heavy atom. The molecule has 0 saturated carbocycles. The average Bonchev–Trinajstić information content (AvgIpc) is 3.25. The van der Waals surface area contributed by atoms with Crippen LogP contribution in [-0.4, -0.2) is 31.8 Å². The number of furan rings is 1. The summed E-state index contributed by atoms with van der Waals surface area (Å²) in [5.41, 5.74) is 0.933. The van der Waals surface area contributed by atoms with Gasteiger partial charge in [-0.3, -0.25) is 9.59 Å². The van der Waals surface area contributed by atoms with Gasteiger partial charge >= 0.3 is 0 Å². The van der Waals surface area contributed by atoms with Crippen LogP contribution in [0.1, 0.15) is 24.2 Å². The van der Waals surface area contributed by atoms with Crippen molar-refractivity contribution in [2.24, 2.45) is 0 Å². The Morgan fingerprint density at radius 3 is 2.69 bits per heavy atom. The number of aromatic nitrogens is 3. The molecule has 0 spiro atoms. The zero-order valence-corrected chi connectivity index (χ0v) is 15.0. The highest BCUT2D eigenvalue weighted by Gasteiger charge is 2.21. The summed E-state index contributed by atoms with van der Waals surface area (Å²) in [5.74, 6) is 6.46. The average molecular weight is 371 g/mol. The monoisotopic (exact) mass is 371 g/mol. The van der Waals surface area contributed by atoms with E-state index in [1.807, 2.05) is 0 Å². The Kier molecular flexibility index (Phi) is 5.08. The third kappa shape index (κ3) is 3.62. The van der Waals surface area contributed by atoms with Crippen LogP contribution in [0.15, 0.2) is 52.2 Å². The second-order valence-corrected chi connectivity index (χ2v) is 6.81. The molecule has 0 aliphatic carbocycles. The number of hydrogen-bond acceptors (Lipinski definition) is 7. The molecule has 3 aromatic rings. The van der Waals surface area contributed by atoms with Gasteiger partial charge in [-0.15, -0.1) is 10.2 Å². The smallest absolute Gasteiger partial charge is 0.237 e. The van der Waals surface area contributed by atoms with Gasteiger partial charge in [0.25, 0.3) is 0 Å². The fourth-order valence-electron chi connectivity index (χ4n) is 2.28. The van der Waals surface area contributed by atoms with Gasteiger partial charge in [0.15, 0.2) is 11.5 Å². The van der Waals surface area contributed by atoms with Crippen LogP contribution in [0.2, 0.25) is 0 Å². The molecular weight excluding hydrogens is 354 g/mol. The van der Waals surface area contributed by atoms with Crippen molar-refractivity contribution in [2.45, 2.75) is 24.3 Å². The minimum absolute atomic E-state index is 0.119. The van der Waals surface area contributed by atoms with Crippen molar-refractivity contribution >= 4 is 29.1 Å². The molecule has 1 atom stereocenters. The third-order valence-corrected chi connectivity index (χ3v) is 4.68. The summed E-state index contributed by atoms with van der Waals surface area (Å²) < 4.78 is 6.53. The molecule has 3 N–H and O–H groups in total. The first kappa shape index (κ1) is 17.7. The summed E-state index contributed by atoms with van der Waals surface area (Å²) in [4.78, 5) is 24.1. The van der Waals surface area contributed by atoms with Crippen molar-refractivity contribution in [1.82, 2.24) is 14.9 Å². The number of anilines is 1. The van der Waals surface area contributed by atoms with Crippen LogP contribution < -0.4 is 11.2 Å². The molecule has 0 saturated heterocycles. The van der Waals surface area contributed by atoms with E-state index in [-0.39, 0.29) is 11.7 Å². The molecule has 2 heterocycles. The molecule has 0 unspecified atom stereocenters. The van der Waals surface area contributed by atoms with Crippen LogP contribution in [0.3, 0.4) is 0 Å². The van der Waals surface area contributed by atoms with Crippen LogP contribution in [0, 0.1) is 0 Å². The molecule has 3 rings (SSSR count). The molecule has 8 nitrogen and oxygen atoms in total. The maximum atomic E-state index is 12.5. The summed E-state index contributed by atoms with van der Waals surface area (Å²) in [7, 11) is 0. The fourth-order valence-corrected chi connectivity index (χ4v) is 3.05. The van der Waals surface area contributed by atoms with Crippen molar-refractivity contribution in [3.05, 3.63) is 48.2 Å². The van der Waals surface area contributed by atoms with Crippen molar-refractivity contribution in [1.29, 1.82) is 0 Å². The van der Waals surface area contributed by atoms with Crippen LogP contribution in [0.5, 0.6) is 0 Å². The van der Waals surface area contributed by atoms with Gasteiger partial charge in [0.05, 0.1) is 17.2 Å². The van der Waals surface area contributed by atoms with Crippen molar-refractivity contribution in [2.75, 3.05) is 11.2 Å². The zero-order valence-electron chi connectivity index (χ0n) is 14.2. The number of thioether (sulfide) groups is 1. The molecule has 0 aliphatic heterocycles. The molecule has 134 valence electrons. The number of nitrogens with zero attached hydrogens (tertiary/aromatic N) is 3. The number of ketones is 1. The Bertz CT molecular complexity index is 936. The van der Waals surface area contributed by atoms with Crippen LogP contribution in [-0.2, 0) is 4.79 Å². The van der Waals surface area contributed by atoms with Gasteiger partial charge in [-0.05, 0) is 38.1 Å². The second kappa shape index (κ2) is 7.44. The summed E-state index contributed by atoms with van der Waals surface area (Å²) in [6.07, 6.45) is 1.51. The highest BCUT2D eigenvalue weighted by atomic mass is 32.2. The van der Waals surface area contributed by atoms with Crippen LogP contribution in [0.4, 0.5) is 5.69 Å². The van der Waals surface area contributed by atoms with Gasteiger partial charge < -0.3 is 15.6 Å².